The number of hydrogen-bond donors (Lipinski definition) is 4. The second-order valence-corrected chi connectivity index (χ2v) is 3.11. The number of rotatable bonds is 3. The highest BCUT2D eigenvalue weighted by Crippen LogP contribution is 2.18. The van der Waals surface area contributed by atoms with E-state index in [1.54, 1.807) is 0 Å². The third kappa shape index (κ3) is 1.82. The molecule has 0 aliphatic carbocycles. The van der Waals surface area contributed by atoms with Crippen LogP contribution in [0.2, 0.25) is 0 Å². The molecule has 1 heterocycles. The molecule has 5 N–H and O–H groups in total. The van der Waals surface area contributed by atoms with Crippen molar-refractivity contribution in [1.82, 2.24) is 5.32 Å². The third-order valence-corrected chi connectivity index (χ3v) is 2.16. The van der Waals surface area contributed by atoms with Gasteiger partial charge in [-0.2, -0.15) is 0 Å². The lowest BCUT2D eigenvalue weighted by Crippen LogP contribution is -2.41. The van der Waals surface area contributed by atoms with Crippen LogP contribution in [0.1, 0.15) is 6.42 Å². The van der Waals surface area contributed by atoms with Crippen molar-refractivity contribution in [2.45, 2.75) is 18.5 Å². The van der Waals surface area contributed by atoms with Crippen molar-refractivity contribution in [3.63, 3.8) is 0 Å². The summed E-state index contributed by atoms with van der Waals surface area (Å²) in [7, 11) is 0. The summed E-state index contributed by atoms with van der Waals surface area (Å²) in [5.41, 5.74) is 5.22. The van der Waals surface area contributed by atoms with E-state index in [4.69, 9.17) is 15.9 Å². The molecular weight excluding hydrogens is 192 g/mol. The number of aliphatic carboxylic acids is 2. The maximum absolute atomic E-state index is 11.1. The van der Waals surface area contributed by atoms with Gasteiger partial charge in [0, 0.05) is 0 Å². The fourth-order valence-electron chi connectivity index (χ4n) is 1.34. The van der Waals surface area contributed by atoms with Gasteiger partial charge in [-0.15, -0.1) is 0 Å². The summed E-state index contributed by atoms with van der Waals surface area (Å²) in [6, 6.07) is -2.38. The Morgan fingerprint density at radius 2 is 2.07 bits per heavy atom. The molecule has 1 amide bonds. The molecule has 0 aromatic carbocycles. The van der Waals surface area contributed by atoms with Crippen LogP contribution in [0.4, 0.5) is 0 Å². The number of nitrogens with one attached hydrogen (secondary N) is 1. The quantitative estimate of drug-likeness (QED) is 0.418. The molecule has 3 atom stereocenters. The second-order valence-electron chi connectivity index (χ2n) is 3.11. The number of carboxylic acids is 2. The molecule has 1 rings (SSSR count). The monoisotopic (exact) mass is 202 g/mol. The molecule has 7 heteroatoms. The smallest absolute Gasteiger partial charge is 0.326 e. The van der Waals surface area contributed by atoms with Gasteiger partial charge >= 0.3 is 11.9 Å². The van der Waals surface area contributed by atoms with Gasteiger partial charge in [-0.1, -0.05) is 0 Å². The minimum atomic E-state index is -1.35. The number of nitrogens with two attached hydrogens (primary N) is 1. The van der Waals surface area contributed by atoms with Crippen molar-refractivity contribution in [2.24, 2.45) is 11.7 Å². The van der Waals surface area contributed by atoms with E-state index in [0.29, 0.717) is 0 Å². The summed E-state index contributed by atoms with van der Waals surface area (Å²) in [6.45, 7) is 0. The molecule has 1 aliphatic rings. The molecule has 14 heavy (non-hydrogen) atoms. The predicted octanol–water partition coefficient (Wildman–Crippen LogP) is -2.01. The van der Waals surface area contributed by atoms with Crippen molar-refractivity contribution in [3.05, 3.63) is 0 Å². The Hall–Kier alpha value is -1.63. The van der Waals surface area contributed by atoms with Crippen LogP contribution in [0.3, 0.4) is 0 Å². The first-order chi connectivity index (χ1) is 6.43. The Morgan fingerprint density at radius 1 is 1.50 bits per heavy atom. The molecule has 1 aliphatic heterocycles. The zero-order valence-corrected chi connectivity index (χ0v) is 7.14. The summed E-state index contributed by atoms with van der Waals surface area (Å²) in [6.07, 6.45) is -0.0817. The lowest BCUT2D eigenvalue weighted by molar-refractivity contribution is -0.142. The molecule has 78 valence electrons. The largest absolute Gasteiger partial charge is 0.480 e. The normalized spacial score (nSPS) is 28.2. The predicted molar refractivity (Wildman–Crippen MR) is 43.3 cm³/mol. The molecule has 0 aromatic heterocycles. The molecular formula is C7H10N2O5. The molecule has 0 unspecified atom stereocenters. The van der Waals surface area contributed by atoms with Crippen LogP contribution in [0.25, 0.3) is 0 Å². The van der Waals surface area contributed by atoms with Crippen molar-refractivity contribution in [1.29, 1.82) is 0 Å². The van der Waals surface area contributed by atoms with E-state index < -0.39 is 35.8 Å². The van der Waals surface area contributed by atoms with Gasteiger partial charge in [-0.05, 0) is 6.42 Å². The standard InChI is InChI=1S/C7H10N2O5/c8-4(7(13)14)2-1-3(6(11)12)9-5(2)10/h2-4H,1,8H2,(H,9,10)(H,11,12)(H,13,14)/t2-,3-,4+/m0/s1. The zero-order chi connectivity index (χ0) is 10.9. The van der Waals surface area contributed by atoms with Crippen molar-refractivity contribution < 1.29 is 24.6 Å². The maximum Gasteiger partial charge on any atom is 0.326 e. The number of carbonyl (C=O) groups is 3. The lowest BCUT2D eigenvalue weighted by Gasteiger charge is -2.10. The van der Waals surface area contributed by atoms with Gasteiger partial charge in [0.15, 0.2) is 0 Å². The van der Waals surface area contributed by atoms with Gasteiger partial charge in [-0.25, -0.2) is 4.79 Å². The van der Waals surface area contributed by atoms with E-state index in [9.17, 15) is 14.4 Å². The molecule has 0 aromatic rings. The van der Waals surface area contributed by atoms with Crippen molar-refractivity contribution in [2.75, 3.05) is 0 Å². The Labute approximate surface area is 78.9 Å². The third-order valence-electron chi connectivity index (χ3n) is 2.16. The van der Waals surface area contributed by atoms with Crippen LogP contribution < -0.4 is 11.1 Å². The van der Waals surface area contributed by atoms with Gasteiger partial charge < -0.3 is 21.3 Å². The van der Waals surface area contributed by atoms with Crippen molar-refractivity contribution >= 4 is 17.8 Å². The highest BCUT2D eigenvalue weighted by atomic mass is 16.4. The van der Waals surface area contributed by atoms with Crippen LogP contribution in [0.5, 0.6) is 0 Å². The maximum atomic E-state index is 11.1. The van der Waals surface area contributed by atoms with E-state index in [2.05, 4.69) is 5.32 Å². The Morgan fingerprint density at radius 3 is 2.43 bits per heavy atom. The molecule has 0 bridgehead atoms. The van der Waals surface area contributed by atoms with Crippen LogP contribution in [-0.4, -0.2) is 40.1 Å². The molecule has 1 fully saturated rings. The van der Waals surface area contributed by atoms with E-state index in [1.165, 1.54) is 0 Å². The second kappa shape index (κ2) is 3.62. The highest BCUT2D eigenvalue weighted by molar-refractivity contribution is 5.92. The number of hydrogen-bond acceptors (Lipinski definition) is 4. The number of carbonyl (C=O) groups excluding carboxylic acids is 1. The minimum Gasteiger partial charge on any atom is -0.480 e. The van der Waals surface area contributed by atoms with E-state index in [-0.39, 0.29) is 6.42 Å². The Bertz CT molecular complexity index is 290. The van der Waals surface area contributed by atoms with Gasteiger partial charge in [-0.3, -0.25) is 9.59 Å². The fraction of sp³-hybridized carbons (Fsp3) is 0.571. The molecule has 0 spiro atoms. The van der Waals surface area contributed by atoms with E-state index >= 15 is 0 Å². The van der Waals surface area contributed by atoms with Crippen LogP contribution in [0.15, 0.2) is 0 Å². The van der Waals surface area contributed by atoms with Crippen LogP contribution in [-0.2, 0) is 14.4 Å². The van der Waals surface area contributed by atoms with Gasteiger partial charge in [0.1, 0.15) is 12.1 Å². The van der Waals surface area contributed by atoms with Crippen molar-refractivity contribution in [3.8, 4) is 0 Å². The average molecular weight is 202 g/mol. The summed E-state index contributed by atoms with van der Waals surface area (Å²) >= 11 is 0. The molecule has 7 nitrogen and oxygen atoms in total. The van der Waals surface area contributed by atoms with Gasteiger partial charge in [0.2, 0.25) is 5.91 Å². The lowest BCUT2D eigenvalue weighted by atomic mass is 9.97. The van der Waals surface area contributed by atoms with Gasteiger partial charge in [0.25, 0.3) is 0 Å². The Kier molecular flexibility index (Phi) is 2.70. The van der Waals surface area contributed by atoms with Gasteiger partial charge in [0.05, 0.1) is 5.92 Å². The zero-order valence-electron chi connectivity index (χ0n) is 7.14. The first-order valence-electron chi connectivity index (χ1n) is 3.95. The summed E-state index contributed by atoms with van der Waals surface area (Å²) in [5.74, 6) is -4.07. The fourth-order valence-corrected chi connectivity index (χ4v) is 1.34. The van der Waals surface area contributed by atoms with Crippen LogP contribution >= 0.6 is 0 Å². The highest BCUT2D eigenvalue weighted by Gasteiger charge is 2.41. The van der Waals surface area contributed by atoms with E-state index in [0.717, 1.165) is 0 Å². The minimum absolute atomic E-state index is 0.0817. The molecule has 0 saturated carbocycles. The summed E-state index contributed by atoms with van der Waals surface area (Å²) in [5, 5.41) is 19.3. The topological polar surface area (TPSA) is 130 Å². The SMILES string of the molecule is N[C@@H](C(=O)O)[C@@H]1C[C@@H](C(=O)O)NC1=O. The number of amides is 1. The summed E-state index contributed by atoms with van der Waals surface area (Å²) < 4.78 is 0. The Balaban J connectivity index is 2.70. The van der Waals surface area contributed by atoms with Crippen LogP contribution in [0, 0.1) is 5.92 Å². The molecule has 0 radical (unpaired) electrons. The first kappa shape index (κ1) is 10.5. The van der Waals surface area contributed by atoms with E-state index in [1.807, 2.05) is 0 Å². The number of carboxylic acid groups (broad SMARTS) is 2. The summed E-state index contributed by atoms with van der Waals surface area (Å²) in [4.78, 5) is 32.1. The first-order valence-corrected chi connectivity index (χ1v) is 3.95. The molecule has 1 saturated heterocycles. The average Bonchev–Trinajstić information content (AvgIpc) is 2.46.